The van der Waals surface area contributed by atoms with E-state index in [0.717, 1.165) is 18.4 Å². The summed E-state index contributed by atoms with van der Waals surface area (Å²) in [6.45, 7) is 5.80. The van der Waals surface area contributed by atoms with Crippen LogP contribution in [0.15, 0.2) is 0 Å². The Balaban J connectivity index is 1.98. The molecule has 0 unspecified atom stereocenters. The summed E-state index contributed by atoms with van der Waals surface area (Å²) in [6.07, 6.45) is 5.89. The Morgan fingerprint density at radius 3 is 1.91 bits per heavy atom. The lowest BCUT2D eigenvalue weighted by Crippen LogP contribution is -2.46. The van der Waals surface area contributed by atoms with Crippen LogP contribution in [0, 0.1) is 11.8 Å². The monoisotopic (exact) mass is 153 g/mol. The van der Waals surface area contributed by atoms with Crippen LogP contribution in [0.2, 0.25) is 0 Å². The van der Waals surface area contributed by atoms with Gasteiger partial charge in [-0.3, -0.25) is 0 Å². The second kappa shape index (κ2) is 2.48. The highest BCUT2D eigenvalue weighted by atomic mass is 15.0. The fourth-order valence-electron chi connectivity index (χ4n) is 2.37. The molecule has 0 spiro atoms. The average Bonchev–Trinajstić information content (AvgIpc) is 2.84. The number of rotatable bonds is 4. The van der Waals surface area contributed by atoms with Crippen LogP contribution in [0.1, 0.15) is 39.5 Å². The Kier molecular flexibility index (Phi) is 1.71. The van der Waals surface area contributed by atoms with Gasteiger partial charge in [0.15, 0.2) is 0 Å². The van der Waals surface area contributed by atoms with Crippen molar-refractivity contribution in [2.75, 3.05) is 6.54 Å². The Bertz CT molecular complexity index is 133. The summed E-state index contributed by atoms with van der Waals surface area (Å²) < 4.78 is 0. The molecule has 0 heterocycles. The highest BCUT2D eigenvalue weighted by molar-refractivity contribution is 5.06. The molecular weight excluding hydrogens is 134 g/mol. The summed E-state index contributed by atoms with van der Waals surface area (Å²) in [4.78, 5) is 0. The first-order valence-electron chi connectivity index (χ1n) is 5.02. The second-order valence-electron chi connectivity index (χ2n) is 4.36. The predicted molar refractivity (Wildman–Crippen MR) is 47.5 cm³/mol. The van der Waals surface area contributed by atoms with Gasteiger partial charge < -0.3 is 5.32 Å². The summed E-state index contributed by atoms with van der Waals surface area (Å²) in [7, 11) is 0. The van der Waals surface area contributed by atoms with Crippen LogP contribution in [-0.2, 0) is 0 Å². The molecule has 1 nitrogen and oxygen atoms in total. The Morgan fingerprint density at radius 1 is 1.18 bits per heavy atom. The second-order valence-corrected chi connectivity index (χ2v) is 4.36. The van der Waals surface area contributed by atoms with Crippen LogP contribution < -0.4 is 5.32 Å². The minimum atomic E-state index is 0.523. The lowest BCUT2D eigenvalue weighted by atomic mass is 9.90. The smallest absolute Gasteiger partial charge is 0.0209 e. The Hall–Kier alpha value is -0.0400. The van der Waals surface area contributed by atoms with Crippen molar-refractivity contribution >= 4 is 0 Å². The van der Waals surface area contributed by atoms with E-state index in [0.29, 0.717) is 5.54 Å². The van der Waals surface area contributed by atoms with Crippen molar-refractivity contribution in [3.8, 4) is 0 Å². The molecule has 0 aromatic carbocycles. The minimum Gasteiger partial charge on any atom is -0.311 e. The van der Waals surface area contributed by atoms with E-state index in [2.05, 4.69) is 19.2 Å². The van der Waals surface area contributed by atoms with Gasteiger partial charge in [0.25, 0.3) is 0 Å². The Morgan fingerprint density at radius 2 is 1.64 bits per heavy atom. The van der Waals surface area contributed by atoms with Gasteiger partial charge in [-0.2, -0.15) is 0 Å². The molecule has 0 aliphatic heterocycles. The maximum absolute atomic E-state index is 3.68. The molecule has 0 saturated heterocycles. The Labute approximate surface area is 69.6 Å². The topological polar surface area (TPSA) is 12.0 Å². The van der Waals surface area contributed by atoms with Crippen molar-refractivity contribution in [1.29, 1.82) is 0 Å². The fourth-order valence-corrected chi connectivity index (χ4v) is 2.37. The van der Waals surface area contributed by atoms with Crippen LogP contribution in [-0.4, -0.2) is 12.1 Å². The van der Waals surface area contributed by atoms with Crippen molar-refractivity contribution in [2.45, 2.75) is 45.1 Å². The van der Waals surface area contributed by atoms with E-state index in [1.165, 1.54) is 25.7 Å². The zero-order valence-corrected chi connectivity index (χ0v) is 7.69. The summed E-state index contributed by atoms with van der Waals surface area (Å²) in [5.41, 5.74) is 0.523. The van der Waals surface area contributed by atoms with Crippen molar-refractivity contribution in [3.63, 3.8) is 0 Å². The SMILES string of the molecule is CCNC(C)(C1CC1)C1CC1. The van der Waals surface area contributed by atoms with Crippen LogP contribution in [0.3, 0.4) is 0 Å². The molecule has 0 atom stereocenters. The van der Waals surface area contributed by atoms with Gasteiger partial charge in [0.2, 0.25) is 0 Å². The molecule has 64 valence electrons. The first kappa shape index (κ1) is 7.60. The zero-order valence-electron chi connectivity index (χ0n) is 7.69. The summed E-state index contributed by atoms with van der Waals surface area (Å²) in [5.74, 6) is 2.02. The van der Waals surface area contributed by atoms with Crippen LogP contribution >= 0.6 is 0 Å². The first-order valence-corrected chi connectivity index (χ1v) is 5.02. The third-order valence-corrected chi connectivity index (χ3v) is 3.41. The molecular formula is C10H19N. The number of hydrogen-bond donors (Lipinski definition) is 1. The normalized spacial score (nSPS) is 25.6. The molecule has 2 fully saturated rings. The largest absolute Gasteiger partial charge is 0.311 e. The van der Waals surface area contributed by atoms with Crippen LogP contribution in [0.5, 0.6) is 0 Å². The van der Waals surface area contributed by atoms with Crippen molar-refractivity contribution < 1.29 is 0 Å². The van der Waals surface area contributed by atoms with Gasteiger partial charge in [-0.25, -0.2) is 0 Å². The van der Waals surface area contributed by atoms with E-state index in [1.807, 2.05) is 0 Å². The van der Waals surface area contributed by atoms with E-state index in [9.17, 15) is 0 Å². The molecule has 0 radical (unpaired) electrons. The van der Waals surface area contributed by atoms with Gasteiger partial charge in [0.1, 0.15) is 0 Å². The number of hydrogen-bond acceptors (Lipinski definition) is 1. The molecule has 0 aromatic heterocycles. The van der Waals surface area contributed by atoms with Gasteiger partial charge in [0, 0.05) is 5.54 Å². The van der Waals surface area contributed by atoms with Crippen LogP contribution in [0.25, 0.3) is 0 Å². The summed E-state index contributed by atoms with van der Waals surface area (Å²) in [6, 6.07) is 0. The van der Waals surface area contributed by atoms with E-state index in [1.54, 1.807) is 0 Å². The van der Waals surface area contributed by atoms with Gasteiger partial charge >= 0.3 is 0 Å². The van der Waals surface area contributed by atoms with Gasteiger partial charge in [-0.15, -0.1) is 0 Å². The van der Waals surface area contributed by atoms with Gasteiger partial charge in [-0.1, -0.05) is 6.92 Å². The quantitative estimate of drug-likeness (QED) is 0.652. The molecule has 2 rings (SSSR count). The molecule has 1 N–H and O–H groups in total. The summed E-state index contributed by atoms with van der Waals surface area (Å²) in [5, 5.41) is 3.68. The van der Waals surface area contributed by atoms with Crippen molar-refractivity contribution in [2.24, 2.45) is 11.8 Å². The molecule has 11 heavy (non-hydrogen) atoms. The molecule has 2 aliphatic carbocycles. The van der Waals surface area contributed by atoms with Crippen molar-refractivity contribution in [3.05, 3.63) is 0 Å². The highest BCUT2D eigenvalue weighted by Gasteiger charge is 2.50. The molecule has 0 bridgehead atoms. The van der Waals surface area contributed by atoms with E-state index in [4.69, 9.17) is 0 Å². The predicted octanol–water partition coefficient (Wildman–Crippen LogP) is 2.17. The summed E-state index contributed by atoms with van der Waals surface area (Å²) >= 11 is 0. The third-order valence-electron chi connectivity index (χ3n) is 3.41. The first-order chi connectivity index (χ1) is 5.27. The number of nitrogens with one attached hydrogen (secondary N) is 1. The van der Waals surface area contributed by atoms with Gasteiger partial charge in [0.05, 0.1) is 0 Å². The van der Waals surface area contributed by atoms with Gasteiger partial charge in [-0.05, 0) is 51.0 Å². The minimum absolute atomic E-state index is 0.523. The molecule has 1 heteroatoms. The zero-order chi connectivity index (χ0) is 7.90. The van der Waals surface area contributed by atoms with Crippen LogP contribution in [0.4, 0.5) is 0 Å². The van der Waals surface area contributed by atoms with E-state index < -0.39 is 0 Å². The third kappa shape index (κ3) is 1.31. The average molecular weight is 153 g/mol. The van der Waals surface area contributed by atoms with Crippen molar-refractivity contribution in [1.82, 2.24) is 5.32 Å². The van der Waals surface area contributed by atoms with E-state index in [-0.39, 0.29) is 0 Å². The highest BCUT2D eigenvalue weighted by Crippen LogP contribution is 2.51. The molecule has 0 amide bonds. The maximum atomic E-state index is 3.68. The molecule has 0 aromatic rings. The molecule has 2 aliphatic rings. The lowest BCUT2D eigenvalue weighted by Gasteiger charge is -2.31. The lowest BCUT2D eigenvalue weighted by molar-refractivity contribution is 0.275. The van der Waals surface area contributed by atoms with E-state index >= 15 is 0 Å². The standard InChI is InChI=1S/C10H19N/c1-3-11-10(2,8-4-5-8)9-6-7-9/h8-9,11H,3-7H2,1-2H3. The fraction of sp³-hybridized carbons (Fsp3) is 1.00. The maximum Gasteiger partial charge on any atom is 0.0209 e. The molecule has 2 saturated carbocycles.